The van der Waals surface area contributed by atoms with Crippen molar-refractivity contribution in [2.75, 3.05) is 0 Å². The Morgan fingerprint density at radius 2 is 1.65 bits per heavy atom. The summed E-state index contributed by atoms with van der Waals surface area (Å²) in [6.45, 7) is 0. The van der Waals surface area contributed by atoms with Crippen molar-refractivity contribution in [2.24, 2.45) is 25.9 Å². The molecule has 0 saturated heterocycles. The smallest absolute Gasteiger partial charge is 0.306 e. The largest absolute Gasteiger partial charge is 0.481 e. The molecule has 2 aromatic heterocycles. The molecule has 0 bridgehead atoms. The monoisotopic (exact) mass is 360 g/mol. The van der Waals surface area contributed by atoms with Gasteiger partial charge in [-0.3, -0.25) is 19.0 Å². The van der Waals surface area contributed by atoms with Gasteiger partial charge in [0.15, 0.2) is 0 Å². The molecule has 2 N–H and O–H groups in total. The number of carboxylic acids is 2. The summed E-state index contributed by atoms with van der Waals surface area (Å²) in [4.78, 5) is 21.5. The van der Waals surface area contributed by atoms with Crippen molar-refractivity contribution >= 4 is 11.9 Å². The van der Waals surface area contributed by atoms with Crippen LogP contribution in [0.1, 0.15) is 35.4 Å². The first kappa shape index (κ1) is 18.2. The Hall–Kier alpha value is -2.64. The van der Waals surface area contributed by atoms with Crippen LogP contribution in [0.15, 0.2) is 12.4 Å². The third-order valence-corrected chi connectivity index (χ3v) is 5.23. The summed E-state index contributed by atoms with van der Waals surface area (Å²) in [7, 11) is 3.77. The highest BCUT2D eigenvalue weighted by atomic mass is 16.4. The molecule has 8 heteroatoms. The van der Waals surface area contributed by atoms with Gasteiger partial charge in [0.25, 0.3) is 0 Å². The molecular weight excluding hydrogens is 336 g/mol. The molecule has 0 aromatic carbocycles. The fourth-order valence-corrected chi connectivity index (χ4v) is 3.74. The van der Waals surface area contributed by atoms with Crippen LogP contribution in [-0.2, 0) is 49.4 Å². The molecule has 140 valence electrons. The van der Waals surface area contributed by atoms with Crippen molar-refractivity contribution in [3.63, 3.8) is 0 Å². The van der Waals surface area contributed by atoms with E-state index in [0.29, 0.717) is 12.8 Å². The molecule has 0 spiro atoms. The zero-order chi connectivity index (χ0) is 18.8. The predicted octanol–water partition coefficient (Wildman–Crippen LogP) is 1.22. The van der Waals surface area contributed by atoms with Gasteiger partial charge in [-0.25, -0.2) is 0 Å². The topological polar surface area (TPSA) is 110 Å². The predicted molar refractivity (Wildman–Crippen MR) is 92.7 cm³/mol. The van der Waals surface area contributed by atoms with Crippen molar-refractivity contribution in [1.82, 2.24) is 19.6 Å². The third kappa shape index (κ3) is 3.79. The van der Waals surface area contributed by atoms with Gasteiger partial charge in [-0.2, -0.15) is 10.2 Å². The number of fused-ring (bicyclic) bond motifs is 2. The molecule has 0 saturated carbocycles. The summed E-state index contributed by atoms with van der Waals surface area (Å²) in [6, 6.07) is 0. The Morgan fingerprint density at radius 3 is 2.31 bits per heavy atom. The first-order chi connectivity index (χ1) is 12.3. The van der Waals surface area contributed by atoms with Gasteiger partial charge in [-0.15, -0.1) is 0 Å². The zero-order valence-corrected chi connectivity index (χ0v) is 15.1. The van der Waals surface area contributed by atoms with Gasteiger partial charge in [0.2, 0.25) is 0 Å². The number of carbonyl (C=O) groups is 2. The maximum absolute atomic E-state index is 10.7. The summed E-state index contributed by atoms with van der Waals surface area (Å²) in [5.41, 5.74) is 4.46. The maximum Gasteiger partial charge on any atom is 0.306 e. The highest BCUT2D eigenvalue weighted by molar-refractivity contribution is 5.71. The van der Waals surface area contributed by atoms with E-state index in [4.69, 9.17) is 10.2 Å². The second-order valence-electron chi connectivity index (χ2n) is 7.07. The third-order valence-electron chi connectivity index (χ3n) is 5.23. The van der Waals surface area contributed by atoms with Gasteiger partial charge in [0.1, 0.15) is 0 Å². The molecule has 2 atom stereocenters. The summed E-state index contributed by atoms with van der Waals surface area (Å²) in [6.07, 6.45) is 8.07. The summed E-state index contributed by atoms with van der Waals surface area (Å²) in [5, 5.41) is 26.1. The van der Waals surface area contributed by atoms with E-state index in [1.165, 1.54) is 5.69 Å². The van der Waals surface area contributed by atoms with Crippen LogP contribution in [0.25, 0.3) is 0 Å². The van der Waals surface area contributed by atoms with Crippen LogP contribution >= 0.6 is 0 Å². The number of aromatic nitrogens is 4. The molecule has 2 unspecified atom stereocenters. The molecule has 0 radical (unpaired) electrons. The number of nitrogens with zero attached hydrogens (tertiary/aromatic N) is 4. The minimum Gasteiger partial charge on any atom is -0.481 e. The van der Waals surface area contributed by atoms with Crippen LogP contribution in [0, 0.1) is 11.8 Å². The Balaban J connectivity index is 0.000000151. The van der Waals surface area contributed by atoms with Crippen molar-refractivity contribution < 1.29 is 19.8 Å². The fourth-order valence-electron chi connectivity index (χ4n) is 3.74. The second kappa shape index (κ2) is 7.31. The molecule has 0 amide bonds. The highest BCUT2D eigenvalue weighted by Gasteiger charge is 2.26. The lowest BCUT2D eigenvalue weighted by Crippen LogP contribution is -2.22. The number of hydrogen-bond donors (Lipinski definition) is 2. The van der Waals surface area contributed by atoms with Gasteiger partial charge in [0, 0.05) is 26.0 Å². The van der Waals surface area contributed by atoms with E-state index in [0.717, 1.165) is 42.5 Å². The Labute approximate surface area is 151 Å². The van der Waals surface area contributed by atoms with Crippen molar-refractivity contribution in [2.45, 2.75) is 38.5 Å². The minimum absolute atomic E-state index is 0.211. The number of aryl methyl sites for hydroxylation is 3. The van der Waals surface area contributed by atoms with Crippen molar-refractivity contribution in [3.8, 4) is 0 Å². The van der Waals surface area contributed by atoms with E-state index in [1.54, 1.807) is 10.9 Å². The van der Waals surface area contributed by atoms with Crippen LogP contribution in [-0.4, -0.2) is 41.7 Å². The standard InChI is InChI=1S/2C9H12N2O2/c1-11-5-7-4-6(9(12)13)2-3-8(7)10-11;1-11-8-3-2-6(9(12)13)4-7(8)5-10-11/h2*5-6H,2-4H2,1H3,(H,12,13). The summed E-state index contributed by atoms with van der Waals surface area (Å²) in [5.74, 6) is -1.79. The van der Waals surface area contributed by atoms with Crippen molar-refractivity contribution in [3.05, 3.63) is 34.9 Å². The highest BCUT2D eigenvalue weighted by Crippen LogP contribution is 2.25. The lowest BCUT2D eigenvalue weighted by Gasteiger charge is -2.18. The molecule has 2 heterocycles. The van der Waals surface area contributed by atoms with E-state index in [1.807, 2.05) is 25.0 Å². The summed E-state index contributed by atoms with van der Waals surface area (Å²) < 4.78 is 3.60. The van der Waals surface area contributed by atoms with E-state index in [2.05, 4.69) is 10.2 Å². The zero-order valence-electron chi connectivity index (χ0n) is 15.1. The van der Waals surface area contributed by atoms with Gasteiger partial charge in [0.05, 0.1) is 23.7 Å². The first-order valence-corrected chi connectivity index (χ1v) is 8.82. The Morgan fingerprint density at radius 1 is 1.04 bits per heavy atom. The van der Waals surface area contributed by atoms with E-state index in [9.17, 15) is 9.59 Å². The van der Waals surface area contributed by atoms with Gasteiger partial charge in [-0.1, -0.05) is 0 Å². The fraction of sp³-hybridized carbons (Fsp3) is 0.556. The lowest BCUT2D eigenvalue weighted by molar-refractivity contribution is -0.143. The lowest BCUT2D eigenvalue weighted by atomic mass is 9.88. The molecule has 2 aromatic rings. The molecular formula is C18H24N4O4. The van der Waals surface area contributed by atoms with Crippen LogP contribution in [0.5, 0.6) is 0 Å². The van der Waals surface area contributed by atoms with E-state index in [-0.39, 0.29) is 11.8 Å². The molecule has 0 fully saturated rings. The minimum atomic E-state index is -0.686. The van der Waals surface area contributed by atoms with Crippen LogP contribution in [0.4, 0.5) is 0 Å². The molecule has 2 aliphatic rings. The van der Waals surface area contributed by atoms with Gasteiger partial charge in [-0.05, 0) is 49.7 Å². The maximum atomic E-state index is 10.7. The number of aliphatic carboxylic acids is 2. The van der Waals surface area contributed by atoms with E-state index < -0.39 is 11.9 Å². The second-order valence-corrected chi connectivity index (χ2v) is 7.07. The van der Waals surface area contributed by atoms with E-state index >= 15 is 0 Å². The molecule has 26 heavy (non-hydrogen) atoms. The number of rotatable bonds is 2. The summed E-state index contributed by atoms with van der Waals surface area (Å²) >= 11 is 0. The number of carboxylic acid groups (broad SMARTS) is 2. The molecule has 8 nitrogen and oxygen atoms in total. The number of hydrogen-bond acceptors (Lipinski definition) is 4. The van der Waals surface area contributed by atoms with Gasteiger partial charge < -0.3 is 10.2 Å². The average Bonchev–Trinajstić information content (AvgIpc) is 3.16. The molecule has 2 aliphatic carbocycles. The van der Waals surface area contributed by atoms with Crippen LogP contribution < -0.4 is 0 Å². The van der Waals surface area contributed by atoms with Crippen LogP contribution in [0.3, 0.4) is 0 Å². The Bertz CT molecular complexity index is 807. The SMILES string of the molecule is Cn1cc2c(n1)CCC(C(=O)O)C2.Cn1ncc2c1CCC(C(=O)O)C2. The van der Waals surface area contributed by atoms with Gasteiger partial charge >= 0.3 is 11.9 Å². The molecule has 0 aliphatic heterocycles. The average molecular weight is 360 g/mol. The van der Waals surface area contributed by atoms with Crippen LogP contribution in [0.2, 0.25) is 0 Å². The first-order valence-electron chi connectivity index (χ1n) is 8.82. The Kier molecular flexibility index (Phi) is 5.11. The van der Waals surface area contributed by atoms with Crippen molar-refractivity contribution in [1.29, 1.82) is 0 Å². The normalized spacial score (nSPS) is 21.2. The molecule has 4 rings (SSSR count). The quantitative estimate of drug-likeness (QED) is 0.833.